The van der Waals surface area contributed by atoms with Crippen LogP contribution < -0.4 is 15.5 Å². The highest BCUT2D eigenvalue weighted by Crippen LogP contribution is 2.31. The van der Waals surface area contributed by atoms with Crippen LogP contribution in [0.3, 0.4) is 0 Å². The summed E-state index contributed by atoms with van der Waals surface area (Å²) in [6, 6.07) is 5.65. The molecule has 0 bridgehead atoms. The highest BCUT2D eigenvalue weighted by molar-refractivity contribution is 6.32. The van der Waals surface area contributed by atoms with Crippen LogP contribution in [-0.2, 0) is 4.74 Å². The largest absolute Gasteiger partial charge is 0.506 e. The fraction of sp³-hybridized carbons (Fsp3) is 0.524. The van der Waals surface area contributed by atoms with Crippen LogP contribution in [-0.4, -0.2) is 73.0 Å². The number of ether oxygens (including phenoxy) is 1. The van der Waals surface area contributed by atoms with E-state index >= 15 is 0 Å². The number of phenolic OH excluding ortho intramolecular Hbond substituents is 1. The molecule has 0 atom stereocenters. The number of aromatic hydroxyl groups is 1. The van der Waals surface area contributed by atoms with Crippen LogP contribution in [0, 0.1) is 5.92 Å². The Morgan fingerprint density at radius 3 is 2.70 bits per heavy atom. The molecule has 2 fully saturated rings. The van der Waals surface area contributed by atoms with Gasteiger partial charge < -0.3 is 30.3 Å². The van der Waals surface area contributed by atoms with Gasteiger partial charge in [-0.1, -0.05) is 11.6 Å². The normalized spacial score (nSPS) is 18.4. The summed E-state index contributed by atoms with van der Waals surface area (Å²) >= 11 is 6.27. The summed E-state index contributed by atoms with van der Waals surface area (Å²) < 4.78 is 5.41. The molecule has 3 heterocycles. The average Bonchev–Trinajstić information content (AvgIpc) is 2.77. The van der Waals surface area contributed by atoms with Crippen molar-refractivity contribution in [2.75, 3.05) is 68.5 Å². The fourth-order valence-corrected chi connectivity index (χ4v) is 3.91. The zero-order valence-electron chi connectivity index (χ0n) is 17.3. The number of piperazine rings is 1. The first-order chi connectivity index (χ1) is 14.6. The smallest absolute Gasteiger partial charge is 0.229 e. The molecule has 30 heavy (non-hydrogen) atoms. The zero-order chi connectivity index (χ0) is 20.9. The van der Waals surface area contributed by atoms with Gasteiger partial charge in [0.15, 0.2) is 5.82 Å². The van der Waals surface area contributed by atoms with Gasteiger partial charge in [-0.25, -0.2) is 4.98 Å². The van der Waals surface area contributed by atoms with Crippen LogP contribution in [0.1, 0.15) is 12.8 Å². The van der Waals surface area contributed by atoms with E-state index in [0.29, 0.717) is 28.4 Å². The van der Waals surface area contributed by atoms with Crippen molar-refractivity contribution in [2.45, 2.75) is 12.8 Å². The van der Waals surface area contributed by atoms with Crippen molar-refractivity contribution < 1.29 is 9.84 Å². The molecule has 0 aliphatic carbocycles. The third-order valence-electron chi connectivity index (χ3n) is 5.74. The second-order valence-corrected chi connectivity index (χ2v) is 8.35. The van der Waals surface area contributed by atoms with Crippen LogP contribution >= 0.6 is 11.6 Å². The van der Waals surface area contributed by atoms with Crippen LogP contribution in [0.2, 0.25) is 5.02 Å². The van der Waals surface area contributed by atoms with Crippen LogP contribution in [0.25, 0.3) is 0 Å². The van der Waals surface area contributed by atoms with Crippen LogP contribution in [0.15, 0.2) is 24.4 Å². The molecule has 1 aromatic heterocycles. The first kappa shape index (κ1) is 21.0. The Morgan fingerprint density at radius 2 is 1.97 bits per heavy atom. The predicted octanol–water partition coefficient (Wildman–Crippen LogP) is 3.17. The van der Waals surface area contributed by atoms with Crippen LogP contribution in [0.5, 0.6) is 5.75 Å². The van der Waals surface area contributed by atoms with Crippen molar-refractivity contribution in [3.63, 3.8) is 0 Å². The van der Waals surface area contributed by atoms with Crippen molar-refractivity contribution in [1.29, 1.82) is 0 Å². The van der Waals surface area contributed by atoms with Gasteiger partial charge in [0.25, 0.3) is 0 Å². The molecule has 0 spiro atoms. The SMILES string of the molecule is CN1CCN(c2ccc(Nc3ncc(Cl)c(NCC4CCOCC4)n3)c(O)c2)CC1. The minimum Gasteiger partial charge on any atom is -0.506 e. The molecule has 0 unspecified atom stereocenters. The van der Waals surface area contributed by atoms with Gasteiger partial charge in [0, 0.05) is 57.7 Å². The molecule has 9 heteroatoms. The van der Waals surface area contributed by atoms with E-state index < -0.39 is 0 Å². The number of anilines is 4. The summed E-state index contributed by atoms with van der Waals surface area (Å²) in [5.41, 5.74) is 1.58. The van der Waals surface area contributed by atoms with Crippen molar-refractivity contribution in [1.82, 2.24) is 14.9 Å². The van der Waals surface area contributed by atoms with Gasteiger partial charge in [0.2, 0.25) is 5.95 Å². The van der Waals surface area contributed by atoms with E-state index in [2.05, 4.69) is 37.4 Å². The van der Waals surface area contributed by atoms with Crippen molar-refractivity contribution >= 4 is 34.7 Å². The zero-order valence-corrected chi connectivity index (χ0v) is 18.0. The van der Waals surface area contributed by atoms with Gasteiger partial charge >= 0.3 is 0 Å². The quantitative estimate of drug-likeness (QED) is 0.600. The number of benzene rings is 1. The molecule has 2 saturated heterocycles. The molecule has 0 radical (unpaired) electrons. The molecule has 162 valence electrons. The Hall–Kier alpha value is -2.29. The van der Waals surface area contributed by atoms with Gasteiger partial charge in [-0.2, -0.15) is 4.98 Å². The first-order valence-corrected chi connectivity index (χ1v) is 10.8. The number of phenols is 1. The number of halogens is 1. The van der Waals surface area contributed by atoms with Gasteiger partial charge in [0.05, 0.1) is 11.9 Å². The highest BCUT2D eigenvalue weighted by Gasteiger charge is 2.17. The number of rotatable bonds is 6. The first-order valence-electron chi connectivity index (χ1n) is 10.5. The molecule has 2 aliphatic rings. The lowest BCUT2D eigenvalue weighted by atomic mass is 10.0. The lowest BCUT2D eigenvalue weighted by molar-refractivity contribution is 0.0699. The Balaban J connectivity index is 1.40. The second kappa shape index (κ2) is 9.68. The summed E-state index contributed by atoms with van der Waals surface area (Å²) in [6.45, 7) is 6.34. The van der Waals surface area contributed by atoms with E-state index in [9.17, 15) is 5.11 Å². The topological polar surface area (TPSA) is 85.8 Å². The van der Waals surface area contributed by atoms with E-state index in [1.807, 2.05) is 12.1 Å². The van der Waals surface area contributed by atoms with E-state index in [-0.39, 0.29) is 5.75 Å². The molecule has 4 rings (SSSR count). The highest BCUT2D eigenvalue weighted by atomic mass is 35.5. The summed E-state index contributed by atoms with van der Waals surface area (Å²) in [6.07, 6.45) is 3.64. The van der Waals surface area contributed by atoms with E-state index in [1.165, 1.54) is 0 Å². The maximum atomic E-state index is 10.5. The maximum Gasteiger partial charge on any atom is 0.229 e. The molecule has 8 nitrogen and oxygen atoms in total. The monoisotopic (exact) mass is 432 g/mol. The molecule has 0 amide bonds. The number of nitrogens with one attached hydrogen (secondary N) is 2. The second-order valence-electron chi connectivity index (χ2n) is 7.94. The summed E-state index contributed by atoms with van der Waals surface area (Å²) in [5.74, 6) is 1.69. The lowest BCUT2D eigenvalue weighted by Gasteiger charge is -2.34. The Bertz CT molecular complexity index is 853. The van der Waals surface area contributed by atoms with Gasteiger partial charge in [-0.3, -0.25) is 0 Å². The summed E-state index contributed by atoms with van der Waals surface area (Å²) in [5, 5.41) is 17.4. The number of hydrogen-bond donors (Lipinski definition) is 3. The third-order valence-corrected chi connectivity index (χ3v) is 6.02. The average molecular weight is 433 g/mol. The number of aromatic nitrogens is 2. The molecular weight excluding hydrogens is 404 g/mol. The van der Waals surface area contributed by atoms with E-state index in [0.717, 1.165) is 64.5 Å². The standard InChI is InChI=1S/C21H29ClN6O2/c1-27-6-8-28(9-7-27)16-2-3-18(19(29)12-16)25-21-24-14-17(22)20(26-21)23-13-15-4-10-30-11-5-15/h2-3,12,14-15,29H,4-11,13H2,1H3,(H2,23,24,25,26). The molecule has 2 aromatic rings. The number of hydrogen-bond acceptors (Lipinski definition) is 8. The maximum absolute atomic E-state index is 10.5. The van der Waals surface area contributed by atoms with Gasteiger partial charge in [-0.15, -0.1) is 0 Å². The fourth-order valence-electron chi connectivity index (χ4n) is 3.75. The molecule has 3 N–H and O–H groups in total. The Morgan fingerprint density at radius 1 is 1.20 bits per heavy atom. The number of likely N-dealkylation sites (N-methyl/N-ethyl adjacent to an activating group) is 1. The van der Waals surface area contributed by atoms with Gasteiger partial charge in [-0.05, 0) is 37.9 Å². The third kappa shape index (κ3) is 5.24. The molecule has 1 aromatic carbocycles. The number of nitrogens with zero attached hydrogens (tertiary/aromatic N) is 4. The van der Waals surface area contributed by atoms with Crippen LogP contribution in [0.4, 0.5) is 23.1 Å². The van der Waals surface area contributed by atoms with Crippen molar-refractivity contribution in [3.8, 4) is 5.75 Å². The van der Waals surface area contributed by atoms with Crippen molar-refractivity contribution in [3.05, 3.63) is 29.4 Å². The van der Waals surface area contributed by atoms with E-state index in [1.54, 1.807) is 12.3 Å². The van der Waals surface area contributed by atoms with Gasteiger partial charge in [0.1, 0.15) is 10.8 Å². The summed E-state index contributed by atoms with van der Waals surface area (Å²) in [4.78, 5) is 13.3. The summed E-state index contributed by atoms with van der Waals surface area (Å²) in [7, 11) is 2.13. The predicted molar refractivity (Wildman–Crippen MR) is 120 cm³/mol. The lowest BCUT2D eigenvalue weighted by Crippen LogP contribution is -2.44. The minimum atomic E-state index is 0.168. The minimum absolute atomic E-state index is 0.168. The Kier molecular flexibility index (Phi) is 6.76. The molecule has 0 saturated carbocycles. The van der Waals surface area contributed by atoms with E-state index in [4.69, 9.17) is 16.3 Å². The molecular formula is C21H29ClN6O2. The molecule has 2 aliphatic heterocycles. The van der Waals surface area contributed by atoms with Crippen molar-refractivity contribution in [2.24, 2.45) is 5.92 Å². The Labute approximate surface area is 182 Å².